The number of halogens is 2. The van der Waals surface area contributed by atoms with Gasteiger partial charge in [-0.3, -0.25) is 24.3 Å². The molecule has 3 amide bonds. The first-order valence-corrected chi connectivity index (χ1v) is 12.7. The van der Waals surface area contributed by atoms with Crippen LogP contribution in [0.25, 0.3) is 0 Å². The van der Waals surface area contributed by atoms with Crippen LogP contribution in [0.3, 0.4) is 0 Å². The van der Waals surface area contributed by atoms with Crippen molar-refractivity contribution >= 4 is 29.3 Å². The van der Waals surface area contributed by atoms with Crippen LogP contribution < -0.4 is 5.32 Å². The van der Waals surface area contributed by atoms with Gasteiger partial charge in [-0.2, -0.15) is 0 Å². The molecule has 38 heavy (non-hydrogen) atoms. The van der Waals surface area contributed by atoms with Gasteiger partial charge in [-0.1, -0.05) is 35.9 Å². The quantitative estimate of drug-likeness (QED) is 0.537. The van der Waals surface area contributed by atoms with Crippen molar-refractivity contribution in [3.63, 3.8) is 0 Å². The summed E-state index contributed by atoms with van der Waals surface area (Å²) in [6.07, 6.45) is 2.20. The molecule has 2 saturated heterocycles. The molecular weight excluding hydrogens is 511 g/mol. The second-order valence-electron chi connectivity index (χ2n) is 9.27. The van der Waals surface area contributed by atoms with E-state index in [-0.39, 0.29) is 37.5 Å². The third kappa shape index (κ3) is 5.12. The normalized spacial score (nSPS) is 18.4. The Hall–Kier alpha value is -3.82. The molecule has 3 heterocycles. The average Bonchev–Trinajstić information content (AvgIpc) is 3.30. The van der Waals surface area contributed by atoms with Gasteiger partial charge in [0.25, 0.3) is 11.8 Å². The Bertz CT molecular complexity index is 1350. The smallest absolute Gasteiger partial charge is 0.256 e. The maximum absolute atomic E-state index is 14.0. The lowest BCUT2D eigenvalue weighted by atomic mass is 9.96. The minimum atomic E-state index is -1.12. The number of nitrogens with one attached hydrogen (secondary N) is 1. The summed E-state index contributed by atoms with van der Waals surface area (Å²) in [5, 5.41) is 3.20. The molecule has 2 aromatic carbocycles. The lowest BCUT2D eigenvalue weighted by Crippen LogP contribution is -2.59. The van der Waals surface area contributed by atoms with E-state index in [9.17, 15) is 18.8 Å². The largest absolute Gasteiger partial charge is 0.353 e. The van der Waals surface area contributed by atoms with Crippen molar-refractivity contribution in [2.24, 2.45) is 0 Å². The van der Waals surface area contributed by atoms with E-state index >= 15 is 0 Å². The van der Waals surface area contributed by atoms with E-state index < -0.39 is 29.4 Å². The van der Waals surface area contributed by atoms with Crippen molar-refractivity contribution in [2.75, 3.05) is 19.7 Å². The van der Waals surface area contributed by atoms with E-state index in [4.69, 9.17) is 16.3 Å². The number of nitrogens with zero attached hydrogens (tertiary/aromatic N) is 3. The number of aromatic nitrogens is 1. The lowest BCUT2D eigenvalue weighted by molar-refractivity contribution is -0.128. The van der Waals surface area contributed by atoms with E-state index in [1.165, 1.54) is 23.1 Å². The number of pyridine rings is 1. The highest BCUT2D eigenvalue weighted by Crippen LogP contribution is 2.39. The Balaban J connectivity index is 1.37. The summed E-state index contributed by atoms with van der Waals surface area (Å²) in [4.78, 5) is 47.4. The number of amides is 3. The predicted octanol–water partition coefficient (Wildman–Crippen LogP) is 3.66. The monoisotopic (exact) mass is 536 g/mol. The molecule has 5 rings (SSSR count). The summed E-state index contributed by atoms with van der Waals surface area (Å²) >= 11 is 6.23. The van der Waals surface area contributed by atoms with E-state index in [1.54, 1.807) is 47.5 Å². The van der Waals surface area contributed by atoms with Crippen molar-refractivity contribution in [1.82, 2.24) is 20.1 Å². The van der Waals surface area contributed by atoms with E-state index in [0.29, 0.717) is 29.4 Å². The van der Waals surface area contributed by atoms with Crippen LogP contribution in [0.2, 0.25) is 5.02 Å². The maximum atomic E-state index is 14.0. The number of ether oxygens (including phenoxy) is 1. The minimum Gasteiger partial charge on any atom is -0.353 e. The molecule has 2 fully saturated rings. The highest BCUT2D eigenvalue weighted by atomic mass is 35.5. The standard InChI is InChI=1S/C28H26ClFN4O4/c29-23-10-2-1-9-22(23)27(37)33-14-11-28(12-15-33)34(26(36)19-6-5-7-20(30)16-19)24(18-38-28)25(35)32-17-21-8-3-4-13-31-21/h1-10,13,16,24H,11-12,14-15,17-18H2,(H,32,35)/t24-/m1/s1. The third-order valence-electron chi connectivity index (χ3n) is 6.96. The first-order valence-electron chi connectivity index (χ1n) is 12.3. The lowest BCUT2D eigenvalue weighted by Gasteiger charge is -2.44. The molecule has 0 bridgehead atoms. The van der Waals surface area contributed by atoms with Gasteiger partial charge in [-0.05, 0) is 42.5 Å². The van der Waals surface area contributed by atoms with Crippen LogP contribution in [-0.4, -0.2) is 64.0 Å². The van der Waals surface area contributed by atoms with Crippen LogP contribution in [-0.2, 0) is 16.1 Å². The Morgan fingerprint density at radius 3 is 2.50 bits per heavy atom. The molecule has 10 heteroatoms. The van der Waals surface area contributed by atoms with Crippen molar-refractivity contribution in [1.29, 1.82) is 0 Å². The number of rotatable bonds is 5. The fourth-order valence-corrected chi connectivity index (χ4v) is 5.21. The second-order valence-corrected chi connectivity index (χ2v) is 9.68. The summed E-state index contributed by atoms with van der Waals surface area (Å²) in [6.45, 7) is 0.747. The molecule has 2 aliphatic rings. The number of carbonyl (C=O) groups excluding carboxylic acids is 3. The highest BCUT2D eigenvalue weighted by molar-refractivity contribution is 6.33. The first kappa shape index (κ1) is 25.8. The SMILES string of the molecule is O=C(NCc1ccccn1)[C@H]1COC2(CCN(C(=O)c3ccccc3Cl)CC2)N1C(=O)c1cccc(F)c1. The van der Waals surface area contributed by atoms with Crippen molar-refractivity contribution in [2.45, 2.75) is 31.2 Å². The Morgan fingerprint density at radius 1 is 1.03 bits per heavy atom. The minimum absolute atomic E-state index is 0.0203. The van der Waals surface area contributed by atoms with Gasteiger partial charge in [-0.25, -0.2) is 4.39 Å². The molecule has 2 aliphatic heterocycles. The molecule has 0 unspecified atom stereocenters. The summed E-state index contributed by atoms with van der Waals surface area (Å²) in [5.74, 6) is -1.67. The number of carbonyl (C=O) groups is 3. The summed E-state index contributed by atoms with van der Waals surface area (Å²) in [7, 11) is 0. The number of hydrogen-bond donors (Lipinski definition) is 1. The highest BCUT2D eigenvalue weighted by Gasteiger charge is 2.54. The Kier molecular flexibility index (Phi) is 7.40. The van der Waals surface area contributed by atoms with E-state index in [2.05, 4.69) is 10.3 Å². The van der Waals surface area contributed by atoms with Gasteiger partial charge in [-0.15, -0.1) is 0 Å². The molecule has 8 nitrogen and oxygen atoms in total. The number of hydrogen-bond acceptors (Lipinski definition) is 5. The fraction of sp³-hybridized carbons (Fsp3) is 0.286. The summed E-state index contributed by atoms with van der Waals surface area (Å²) < 4.78 is 20.2. The van der Waals surface area contributed by atoms with Crippen LogP contribution >= 0.6 is 11.6 Å². The molecule has 1 aromatic heterocycles. The molecule has 0 radical (unpaired) electrons. The van der Waals surface area contributed by atoms with Crippen molar-refractivity contribution in [3.8, 4) is 0 Å². The number of likely N-dealkylation sites (tertiary alicyclic amines) is 1. The average molecular weight is 537 g/mol. The van der Waals surface area contributed by atoms with E-state index in [0.717, 1.165) is 6.07 Å². The molecule has 1 atom stereocenters. The van der Waals surface area contributed by atoms with Crippen LogP contribution in [0, 0.1) is 5.82 Å². The molecule has 1 N–H and O–H groups in total. The molecular formula is C28H26ClFN4O4. The van der Waals surface area contributed by atoms with Crippen molar-refractivity contribution in [3.05, 3.63) is 101 Å². The van der Waals surface area contributed by atoms with Crippen LogP contribution in [0.4, 0.5) is 4.39 Å². The summed E-state index contributed by atoms with van der Waals surface area (Å²) in [6, 6.07) is 16.6. The number of piperidine rings is 1. The van der Waals surface area contributed by atoms with Gasteiger partial charge in [0, 0.05) is 37.7 Å². The zero-order valence-corrected chi connectivity index (χ0v) is 21.2. The topological polar surface area (TPSA) is 91.8 Å². The Labute approximate surface area is 224 Å². The van der Waals surface area contributed by atoms with Gasteiger partial charge in [0.15, 0.2) is 0 Å². The molecule has 3 aromatic rings. The first-order chi connectivity index (χ1) is 18.4. The maximum Gasteiger partial charge on any atom is 0.256 e. The van der Waals surface area contributed by atoms with Gasteiger partial charge in [0.2, 0.25) is 5.91 Å². The second kappa shape index (κ2) is 10.9. The molecule has 0 saturated carbocycles. The molecule has 196 valence electrons. The van der Waals surface area contributed by atoms with Crippen LogP contribution in [0.15, 0.2) is 72.9 Å². The van der Waals surface area contributed by atoms with Gasteiger partial charge in [0.1, 0.15) is 17.6 Å². The fourth-order valence-electron chi connectivity index (χ4n) is 4.99. The third-order valence-corrected chi connectivity index (χ3v) is 7.29. The van der Waals surface area contributed by atoms with Crippen molar-refractivity contribution < 1.29 is 23.5 Å². The predicted molar refractivity (Wildman–Crippen MR) is 138 cm³/mol. The molecule has 1 spiro atoms. The zero-order valence-electron chi connectivity index (χ0n) is 20.5. The molecule has 0 aliphatic carbocycles. The van der Waals surface area contributed by atoms with Gasteiger partial charge < -0.3 is 15.0 Å². The Morgan fingerprint density at radius 2 is 1.79 bits per heavy atom. The van der Waals surface area contributed by atoms with E-state index in [1.807, 2.05) is 6.07 Å². The van der Waals surface area contributed by atoms with Gasteiger partial charge >= 0.3 is 0 Å². The summed E-state index contributed by atoms with van der Waals surface area (Å²) in [5.41, 5.74) is 0.0704. The zero-order chi connectivity index (χ0) is 26.7. The van der Waals surface area contributed by atoms with Gasteiger partial charge in [0.05, 0.1) is 29.4 Å². The van der Waals surface area contributed by atoms with Crippen LogP contribution in [0.5, 0.6) is 0 Å². The van der Waals surface area contributed by atoms with Crippen LogP contribution in [0.1, 0.15) is 39.3 Å². The number of benzene rings is 2.